The Morgan fingerprint density at radius 2 is 2.39 bits per heavy atom. The molecular formula is C17H22N4O2. The zero-order valence-corrected chi connectivity index (χ0v) is 13.4. The highest BCUT2D eigenvalue weighted by atomic mass is 16.5. The molecule has 1 aliphatic heterocycles. The Balaban J connectivity index is 1.72. The van der Waals surface area contributed by atoms with E-state index >= 15 is 0 Å². The van der Waals surface area contributed by atoms with Gasteiger partial charge in [-0.05, 0) is 31.4 Å². The molecule has 1 N–H and O–H groups in total. The Hall–Kier alpha value is -2.21. The van der Waals surface area contributed by atoms with Gasteiger partial charge >= 0.3 is 5.97 Å². The molecule has 0 unspecified atom stereocenters. The van der Waals surface area contributed by atoms with Crippen molar-refractivity contribution in [1.29, 1.82) is 0 Å². The Bertz CT molecular complexity index is 667. The SMILES string of the molecule is CCOC(=O)c1nn(CCCc2cccnc2)c2c1CNCC2. The quantitative estimate of drug-likeness (QED) is 0.823. The molecule has 0 radical (unpaired) electrons. The standard InChI is InChI=1S/C17H22N4O2/c1-2-23-17(22)16-14-12-19-9-7-15(14)21(20-16)10-4-6-13-5-3-8-18-11-13/h3,5,8,11,19H,2,4,6-7,9-10,12H2,1H3. The van der Waals surface area contributed by atoms with Crippen molar-refractivity contribution in [2.24, 2.45) is 0 Å². The van der Waals surface area contributed by atoms with E-state index in [0.717, 1.165) is 43.6 Å². The van der Waals surface area contributed by atoms with Crippen molar-refractivity contribution in [3.05, 3.63) is 47.0 Å². The van der Waals surface area contributed by atoms with Crippen molar-refractivity contribution in [3.8, 4) is 0 Å². The average molecular weight is 314 g/mol. The van der Waals surface area contributed by atoms with E-state index in [1.165, 1.54) is 5.56 Å². The summed E-state index contributed by atoms with van der Waals surface area (Å²) in [5.74, 6) is -0.321. The molecule has 0 fully saturated rings. The van der Waals surface area contributed by atoms with Crippen LogP contribution in [0.25, 0.3) is 0 Å². The number of aromatic nitrogens is 3. The first-order chi connectivity index (χ1) is 11.3. The van der Waals surface area contributed by atoms with Gasteiger partial charge in [0.25, 0.3) is 0 Å². The first-order valence-corrected chi connectivity index (χ1v) is 8.15. The van der Waals surface area contributed by atoms with E-state index in [2.05, 4.69) is 21.5 Å². The third-order valence-corrected chi connectivity index (χ3v) is 4.03. The van der Waals surface area contributed by atoms with Crippen LogP contribution < -0.4 is 5.32 Å². The fraction of sp³-hybridized carbons (Fsp3) is 0.471. The van der Waals surface area contributed by atoms with Crippen molar-refractivity contribution >= 4 is 5.97 Å². The van der Waals surface area contributed by atoms with Crippen LogP contribution in [0.3, 0.4) is 0 Å². The second-order valence-electron chi connectivity index (χ2n) is 5.61. The predicted molar refractivity (Wildman–Crippen MR) is 86.2 cm³/mol. The highest BCUT2D eigenvalue weighted by Gasteiger charge is 2.25. The number of nitrogens with zero attached hydrogens (tertiary/aromatic N) is 3. The summed E-state index contributed by atoms with van der Waals surface area (Å²) in [6, 6.07) is 4.04. The van der Waals surface area contributed by atoms with Gasteiger partial charge in [-0.3, -0.25) is 9.67 Å². The van der Waals surface area contributed by atoms with Gasteiger partial charge in [0.15, 0.2) is 5.69 Å². The smallest absolute Gasteiger partial charge is 0.359 e. The number of carbonyl (C=O) groups excluding carboxylic acids is 1. The molecule has 0 spiro atoms. The van der Waals surface area contributed by atoms with Gasteiger partial charge in [0.05, 0.1) is 6.61 Å². The van der Waals surface area contributed by atoms with E-state index in [4.69, 9.17) is 4.74 Å². The maximum atomic E-state index is 12.1. The molecule has 122 valence electrons. The molecule has 0 saturated carbocycles. The van der Waals surface area contributed by atoms with Crippen LogP contribution >= 0.6 is 0 Å². The topological polar surface area (TPSA) is 69.0 Å². The zero-order valence-electron chi connectivity index (χ0n) is 13.4. The largest absolute Gasteiger partial charge is 0.461 e. The van der Waals surface area contributed by atoms with E-state index in [-0.39, 0.29) is 5.97 Å². The number of ether oxygens (including phenoxy) is 1. The highest BCUT2D eigenvalue weighted by molar-refractivity contribution is 5.89. The molecule has 2 aromatic heterocycles. The molecule has 3 heterocycles. The van der Waals surface area contributed by atoms with E-state index in [1.807, 2.05) is 23.9 Å². The Kier molecular flexibility index (Phi) is 5.02. The zero-order chi connectivity index (χ0) is 16.1. The minimum atomic E-state index is -0.321. The van der Waals surface area contributed by atoms with Crippen LogP contribution in [0.15, 0.2) is 24.5 Å². The number of esters is 1. The van der Waals surface area contributed by atoms with Crippen LogP contribution in [0, 0.1) is 0 Å². The first-order valence-electron chi connectivity index (χ1n) is 8.15. The highest BCUT2D eigenvalue weighted by Crippen LogP contribution is 2.20. The maximum Gasteiger partial charge on any atom is 0.359 e. The number of fused-ring (bicyclic) bond motifs is 1. The Morgan fingerprint density at radius 1 is 1.48 bits per heavy atom. The van der Waals surface area contributed by atoms with E-state index in [9.17, 15) is 4.79 Å². The van der Waals surface area contributed by atoms with Gasteiger partial charge < -0.3 is 10.1 Å². The van der Waals surface area contributed by atoms with Crippen LogP contribution in [0.1, 0.15) is 40.7 Å². The minimum absolute atomic E-state index is 0.321. The number of carbonyl (C=O) groups is 1. The van der Waals surface area contributed by atoms with Crippen molar-refractivity contribution < 1.29 is 9.53 Å². The molecule has 0 aliphatic carbocycles. The van der Waals surface area contributed by atoms with Crippen LogP contribution in [0.5, 0.6) is 0 Å². The average Bonchev–Trinajstić information content (AvgIpc) is 2.95. The Labute approximate surface area is 135 Å². The second kappa shape index (κ2) is 7.37. The lowest BCUT2D eigenvalue weighted by Gasteiger charge is -2.15. The molecule has 23 heavy (non-hydrogen) atoms. The van der Waals surface area contributed by atoms with Crippen molar-refractivity contribution in [2.45, 2.75) is 39.3 Å². The molecule has 0 atom stereocenters. The van der Waals surface area contributed by atoms with Gasteiger partial charge in [-0.2, -0.15) is 5.10 Å². The van der Waals surface area contributed by atoms with Gasteiger partial charge in [-0.25, -0.2) is 4.79 Å². The molecular weight excluding hydrogens is 292 g/mol. The van der Waals surface area contributed by atoms with Gasteiger partial charge in [0.2, 0.25) is 0 Å². The minimum Gasteiger partial charge on any atom is -0.461 e. The van der Waals surface area contributed by atoms with Gasteiger partial charge in [-0.1, -0.05) is 6.07 Å². The lowest BCUT2D eigenvalue weighted by molar-refractivity contribution is 0.0517. The number of nitrogens with one attached hydrogen (secondary N) is 1. The molecule has 6 heteroatoms. The lowest BCUT2D eigenvalue weighted by Crippen LogP contribution is -2.25. The number of aryl methyl sites for hydroxylation is 2. The van der Waals surface area contributed by atoms with Crippen LogP contribution in [-0.2, 0) is 30.7 Å². The number of pyridine rings is 1. The summed E-state index contributed by atoms with van der Waals surface area (Å²) in [7, 11) is 0. The first kappa shape index (κ1) is 15.7. The summed E-state index contributed by atoms with van der Waals surface area (Å²) in [4.78, 5) is 16.2. The van der Waals surface area contributed by atoms with E-state index < -0.39 is 0 Å². The summed E-state index contributed by atoms with van der Waals surface area (Å²) < 4.78 is 7.12. The van der Waals surface area contributed by atoms with Gasteiger partial charge in [-0.15, -0.1) is 0 Å². The molecule has 0 aromatic carbocycles. The molecule has 3 rings (SSSR count). The van der Waals surface area contributed by atoms with Crippen LogP contribution in [0.2, 0.25) is 0 Å². The predicted octanol–water partition coefficient (Wildman–Crippen LogP) is 1.73. The van der Waals surface area contributed by atoms with Crippen molar-refractivity contribution in [3.63, 3.8) is 0 Å². The van der Waals surface area contributed by atoms with Gasteiger partial charge in [0, 0.05) is 49.7 Å². The normalized spacial score (nSPS) is 13.6. The summed E-state index contributed by atoms with van der Waals surface area (Å²) in [6.07, 6.45) is 6.50. The van der Waals surface area contributed by atoms with E-state index in [0.29, 0.717) is 18.8 Å². The number of hydrogen-bond donors (Lipinski definition) is 1. The van der Waals surface area contributed by atoms with Crippen molar-refractivity contribution in [2.75, 3.05) is 13.2 Å². The molecule has 6 nitrogen and oxygen atoms in total. The van der Waals surface area contributed by atoms with Crippen LogP contribution in [-0.4, -0.2) is 33.9 Å². The third-order valence-electron chi connectivity index (χ3n) is 4.03. The molecule has 0 saturated heterocycles. The molecule has 2 aromatic rings. The summed E-state index contributed by atoms with van der Waals surface area (Å²) in [5.41, 5.74) is 3.85. The lowest BCUT2D eigenvalue weighted by atomic mass is 10.1. The van der Waals surface area contributed by atoms with Crippen molar-refractivity contribution in [1.82, 2.24) is 20.1 Å². The number of rotatable bonds is 6. The third kappa shape index (κ3) is 3.59. The van der Waals surface area contributed by atoms with Crippen LogP contribution in [0.4, 0.5) is 0 Å². The Morgan fingerprint density at radius 3 is 3.17 bits per heavy atom. The monoisotopic (exact) mass is 314 g/mol. The summed E-state index contributed by atoms with van der Waals surface area (Å²) >= 11 is 0. The number of hydrogen-bond acceptors (Lipinski definition) is 5. The second-order valence-corrected chi connectivity index (χ2v) is 5.61. The molecule has 1 aliphatic rings. The van der Waals surface area contributed by atoms with E-state index in [1.54, 1.807) is 6.20 Å². The van der Waals surface area contributed by atoms with Gasteiger partial charge in [0.1, 0.15) is 0 Å². The molecule has 0 bridgehead atoms. The summed E-state index contributed by atoms with van der Waals surface area (Å²) in [6.45, 7) is 4.59. The fourth-order valence-corrected chi connectivity index (χ4v) is 2.95. The summed E-state index contributed by atoms with van der Waals surface area (Å²) in [5, 5.41) is 7.83. The maximum absolute atomic E-state index is 12.1. The fourth-order valence-electron chi connectivity index (χ4n) is 2.95. The molecule has 0 amide bonds.